The van der Waals surface area contributed by atoms with Gasteiger partial charge in [0.25, 0.3) is 0 Å². The summed E-state index contributed by atoms with van der Waals surface area (Å²) in [6.45, 7) is 6.80. The third-order valence-electron chi connectivity index (χ3n) is 2.79. The Morgan fingerprint density at radius 2 is 2.00 bits per heavy atom. The van der Waals surface area contributed by atoms with Crippen molar-refractivity contribution in [1.29, 1.82) is 0 Å². The van der Waals surface area contributed by atoms with Gasteiger partial charge in [-0.05, 0) is 26.8 Å². The molecule has 0 saturated heterocycles. The molecule has 0 aliphatic carbocycles. The lowest BCUT2D eigenvalue weighted by Gasteiger charge is -2.17. The minimum atomic E-state index is -0.0676. The Bertz CT molecular complexity index is 620. The van der Waals surface area contributed by atoms with Crippen LogP contribution in [0.3, 0.4) is 0 Å². The van der Waals surface area contributed by atoms with Crippen LogP contribution < -0.4 is 10.9 Å². The average Bonchev–Trinajstić information content (AvgIpc) is 2.79. The molecule has 0 spiro atoms. The van der Waals surface area contributed by atoms with E-state index in [9.17, 15) is 4.79 Å². The molecule has 0 bridgehead atoms. The van der Waals surface area contributed by atoms with Crippen LogP contribution in [0, 0.1) is 0 Å². The second kappa shape index (κ2) is 4.87. The Labute approximate surface area is 112 Å². The maximum Gasteiger partial charge on any atom is 0.250 e. The van der Waals surface area contributed by atoms with Gasteiger partial charge in [0.15, 0.2) is 0 Å². The van der Waals surface area contributed by atoms with Gasteiger partial charge in [0.05, 0.1) is 24.0 Å². The first-order chi connectivity index (χ1) is 8.86. The molecule has 1 N–H and O–H groups in total. The molecule has 0 fully saturated rings. The second-order valence-electron chi connectivity index (χ2n) is 5.55. The van der Waals surface area contributed by atoms with Gasteiger partial charge >= 0.3 is 0 Å². The SMILES string of the molecule is Cn1cc(NCc2cn(C(C)(C)C)nn2)ccc1=O. The highest BCUT2D eigenvalue weighted by molar-refractivity contribution is 5.40. The first-order valence-electron chi connectivity index (χ1n) is 6.18. The molecule has 0 aromatic carbocycles. The number of nitrogens with zero attached hydrogens (tertiary/aromatic N) is 4. The summed E-state index contributed by atoms with van der Waals surface area (Å²) in [5.74, 6) is 0. The number of hydrogen-bond donors (Lipinski definition) is 1. The lowest BCUT2D eigenvalue weighted by molar-refractivity contribution is 0.347. The third kappa shape index (κ3) is 3.21. The van der Waals surface area contributed by atoms with Crippen LogP contribution in [0.25, 0.3) is 0 Å². The molecule has 0 radical (unpaired) electrons. The number of anilines is 1. The van der Waals surface area contributed by atoms with Crippen molar-refractivity contribution in [3.05, 3.63) is 40.6 Å². The molecule has 0 saturated carbocycles. The van der Waals surface area contributed by atoms with Crippen LogP contribution in [-0.2, 0) is 19.1 Å². The number of hydrogen-bond acceptors (Lipinski definition) is 4. The Kier molecular flexibility index (Phi) is 3.42. The standard InChI is InChI=1S/C13H19N5O/c1-13(2,3)18-9-11(15-16-18)7-14-10-5-6-12(19)17(4)8-10/h5-6,8-9,14H,7H2,1-4H3. The van der Waals surface area contributed by atoms with Crippen molar-refractivity contribution < 1.29 is 0 Å². The average molecular weight is 261 g/mol. The summed E-state index contributed by atoms with van der Waals surface area (Å²) in [5.41, 5.74) is 1.66. The largest absolute Gasteiger partial charge is 0.378 e. The van der Waals surface area contributed by atoms with E-state index in [0.29, 0.717) is 6.54 Å². The summed E-state index contributed by atoms with van der Waals surface area (Å²) in [7, 11) is 1.73. The van der Waals surface area contributed by atoms with Crippen molar-refractivity contribution in [2.75, 3.05) is 5.32 Å². The van der Waals surface area contributed by atoms with Crippen LogP contribution in [0.1, 0.15) is 26.5 Å². The molecule has 2 heterocycles. The summed E-state index contributed by atoms with van der Waals surface area (Å²) in [4.78, 5) is 11.3. The molecular formula is C13H19N5O. The van der Waals surface area contributed by atoms with Crippen molar-refractivity contribution in [3.8, 4) is 0 Å². The number of rotatable bonds is 3. The molecule has 0 aliphatic rings. The minimum absolute atomic E-state index is 0.0239. The van der Waals surface area contributed by atoms with Crippen LogP contribution in [-0.4, -0.2) is 19.6 Å². The van der Waals surface area contributed by atoms with Crippen LogP contribution in [0.2, 0.25) is 0 Å². The Morgan fingerprint density at radius 3 is 2.58 bits per heavy atom. The lowest BCUT2D eigenvalue weighted by Crippen LogP contribution is -2.22. The topological polar surface area (TPSA) is 64.7 Å². The minimum Gasteiger partial charge on any atom is -0.378 e. The molecule has 2 rings (SSSR count). The maximum atomic E-state index is 11.3. The van der Waals surface area contributed by atoms with Crippen molar-refractivity contribution in [2.45, 2.75) is 32.9 Å². The van der Waals surface area contributed by atoms with Gasteiger partial charge in [-0.15, -0.1) is 5.10 Å². The molecule has 102 valence electrons. The van der Waals surface area contributed by atoms with E-state index in [2.05, 4.69) is 36.4 Å². The smallest absolute Gasteiger partial charge is 0.250 e. The summed E-state index contributed by atoms with van der Waals surface area (Å²) >= 11 is 0. The van der Waals surface area contributed by atoms with Crippen LogP contribution in [0.15, 0.2) is 29.3 Å². The molecular weight excluding hydrogens is 242 g/mol. The zero-order valence-electron chi connectivity index (χ0n) is 11.7. The van der Waals surface area contributed by atoms with Crippen LogP contribution in [0.4, 0.5) is 5.69 Å². The number of pyridine rings is 1. The predicted octanol–water partition coefficient (Wildman–Crippen LogP) is 1.34. The van der Waals surface area contributed by atoms with Gasteiger partial charge < -0.3 is 9.88 Å². The van der Waals surface area contributed by atoms with Gasteiger partial charge in [0.2, 0.25) is 5.56 Å². The van der Waals surface area contributed by atoms with Gasteiger partial charge in [0.1, 0.15) is 5.69 Å². The fourth-order valence-electron chi connectivity index (χ4n) is 1.60. The number of aryl methyl sites for hydroxylation is 1. The highest BCUT2D eigenvalue weighted by atomic mass is 16.1. The second-order valence-corrected chi connectivity index (χ2v) is 5.55. The number of nitrogens with one attached hydrogen (secondary N) is 1. The first kappa shape index (κ1) is 13.3. The molecule has 2 aromatic rings. The number of aromatic nitrogens is 4. The van der Waals surface area contributed by atoms with Crippen molar-refractivity contribution >= 4 is 5.69 Å². The van der Waals surface area contributed by atoms with E-state index in [1.54, 1.807) is 19.3 Å². The molecule has 0 amide bonds. The molecule has 6 nitrogen and oxygen atoms in total. The maximum absolute atomic E-state index is 11.3. The molecule has 19 heavy (non-hydrogen) atoms. The zero-order valence-corrected chi connectivity index (χ0v) is 11.7. The lowest BCUT2D eigenvalue weighted by atomic mass is 10.1. The Balaban J connectivity index is 2.04. The quantitative estimate of drug-likeness (QED) is 0.905. The molecule has 0 aliphatic heterocycles. The van der Waals surface area contributed by atoms with E-state index in [0.717, 1.165) is 11.4 Å². The van der Waals surface area contributed by atoms with Crippen molar-refractivity contribution in [2.24, 2.45) is 7.05 Å². The highest BCUT2D eigenvalue weighted by Gasteiger charge is 2.14. The van der Waals surface area contributed by atoms with Crippen molar-refractivity contribution in [1.82, 2.24) is 19.6 Å². The van der Waals surface area contributed by atoms with E-state index in [1.807, 2.05) is 10.9 Å². The van der Waals surface area contributed by atoms with Gasteiger partial charge in [-0.2, -0.15) is 0 Å². The molecule has 0 unspecified atom stereocenters. The third-order valence-corrected chi connectivity index (χ3v) is 2.79. The van der Waals surface area contributed by atoms with Gasteiger partial charge in [-0.3, -0.25) is 4.79 Å². The first-order valence-corrected chi connectivity index (χ1v) is 6.18. The fourth-order valence-corrected chi connectivity index (χ4v) is 1.60. The summed E-state index contributed by atoms with van der Waals surface area (Å²) < 4.78 is 3.37. The van der Waals surface area contributed by atoms with E-state index in [4.69, 9.17) is 0 Å². The van der Waals surface area contributed by atoms with E-state index in [1.165, 1.54) is 10.6 Å². The van der Waals surface area contributed by atoms with Crippen LogP contribution in [0.5, 0.6) is 0 Å². The molecule has 0 atom stereocenters. The predicted molar refractivity (Wildman–Crippen MR) is 74.0 cm³/mol. The summed E-state index contributed by atoms with van der Waals surface area (Å²) in [6.07, 6.45) is 3.69. The highest BCUT2D eigenvalue weighted by Crippen LogP contribution is 2.12. The molecule has 6 heteroatoms. The normalized spacial score (nSPS) is 11.6. The van der Waals surface area contributed by atoms with E-state index >= 15 is 0 Å². The van der Waals surface area contributed by atoms with E-state index in [-0.39, 0.29) is 11.1 Å². The molecule has 2 aromatic heterocycles. The van der Waals surface area contributed by atoms with E-state index < -0.39 is 0 Å². The zero-order chi connectivity index (χ0) is 14.0. The monoisotopic (exact) mass is 261 g/mol. The van der Waals surface area contributed by atoms with Gasteiger partial charge in [-0.25, -0.2) is 4.68 Å². The fraction of sp³-hybridized carbons (Fsp3) is 0.462. The summed E-state index contributed by atoms with van der Waals surface area (Å²) in [5, 5.41) is 11.4. The Morgan fingerprint density at radius 1 is 1.26 bits per heavy atom. The van der Waals surface area contributed by atoms with Gasteiger partial charge in [0, 0.05) is 19.3 Å². The van der Waals surface area contributed by atoms with Crippen LogP contribution >= 0.6 is 0 Å². The summed E-state index contributed by atoms with van der Waals surface area (Å²) in [6, 6.07) is 3.30. The van der Waals surface area contributed by atoms with Gasteiger partial charge in [-0.1, -0.05) is 5.21 Å². The Hall–Kier alpha value is -2.11. The van der Waals surface area contributed by atoms with Crippen molar-refractivity contribution in [3.63, 3.8) is 0 Å².